The van der Waals surface area contributed by atoms with E-state index in [2.05, 4.69) is 70.7 Å². The van der Waals surface area contributed by atoms with Crippen LogP contribution >= 0.6 is 0 Å². The predicted octanol–water partition coefficient (Wildman–Crippen LogP) is 4.21. The Morgan fingerprint density at radius 3 is 2.33 bits per heavy atom. The molecule has 0 saturated carbocycles. The Morgan fingerprint density at radius 1 is 1.13 bits per heavy atom. The molecule has 0 spiro atoms. The van der Waals surface area contributed by atoms with Crippen molar-refractivity contribution in [3.63, 3.8) is 0 Å². The Kier molecular flexibility index (Phi) is 3.58. The maximum Gasteiger partial charge on any atom is 0.0248 e. The van der Waals surface area contributed by atoms with E-state index in [0.29, 0.717) is 5.92 Å². The number of hydrogen-bond donors (Lipinski definition) is 0. The average Bonchev–Trinajstić information content (AvgIpc) is 2.14. The molecule has 0 unspecified atom stereocenters. The Balaban J connectivity index is 2.95. The van der Waals surface area contributed by atoms with Gasteiger partial charge in [0.15, 0.2) is 0 Å². The van der Waals surface area contributed by atoms with Crippen molar-refractivity contribution >= 4 is 0 Å². The van der Waals surface area contributed by atoms with Crippen LogP contribution in [0.5, 0.6) is 0 Å². The van der Waals surface area contributed by atoms with Gasteiger partial charge in [-0.2, -0.15) is 0 Å². The van der Waals surface area contributed by atoms with Gasteiger partial charge in [-0.1, -0.05) is 37.8 Å². The summed E-state index contributed by atoms with van der Waals surface area (Å²) in [5, 5.41) is 0. The minimum atomic E-state index is 0.0772. The van der Waals surface area contributed by atoms with Crippen molar-refractivity contribution in [3.05, 3.63) is 35.4 Å². The van der Waals surface area contributed by atoms with E-state index in [0.717, 1.165) is 5.56 Å². The SMILES string of the molecule is CC(C)c1cccc(C#CC(C)(C)C)c1. The minimum Gasteiger partial charge on any atom is -0.0920 e. The highest BCUT2D eigenvalue weighted by atomic mass is 14.1. The molecule has 1 aromatic carbocycles. The van der Waals surface area contributed by atoms with Crippen LogP contribution in [0, 0.1) is 17.3 Å². The highest BCUT2D eigenvalue weighted by molar-refractivity contribution is 5.38. The second-order valence-corrected chi connectivity index (χ2v) is 5.28. The van der Waals surface area contributed by atoms with E-state index in [9.17, 15) is 0 Å². The van der Waals surface area contributed by atoms with Crippen LogP contribution in [0.4, 0.5) is 0 Å². The molecule has 0 heterocycles. The maximum atomic E-state index is 3.25. The van der Waals surface area contributed by atoms with Gasteiger partial charge in [-0.15, -0.1) is 0 Å². The summed E-state index contributed by atoms with van der Waals surface area (Å²) in [7, 11) is 0. The third-order valence-electron chi connectivity index (χ3n) is 2.14. The molecule has 0 N–H and O–H groups in total. The Labute approximate surface area is 93.7 Å². The van der Waals surface area contributed by atoms with Crippen molar-refractivity contribution in [2.45, 2.75) is 40.5 Å². The Hall–Kier alpha value is -1.22. The van der Waals surface area contributed by atoms with E-state index in [-0.39, 0.29) is 5.41 Å². The normalized spacial score (nSPS) is 11.1. The molecule has 0 aliphatic carbocycles. The van der Waals surface area contributed by atoms with Crippen LogP contribution in [-0.2, 0) is 0 Å². The lowest BCUT2D eigenvalue weighted by molar-refractivity contribution is 0.571. The van der Waals surface area contributed by atoms with Crippen LogP contribution in [0.1, 0.15) is 51.7 Å². The van der Waals surface area contributed by atoms with Crippen LogP contribution in [0.2, 0.25) is 0 Å². The van der Waals surface area contributed by atoms with Crippen molar-refractivity contribution < 1.29 is 0 Å². The fraction of sp³-hybridized carbons (Fsp3) is 0.467. The zero-order chi connectivity index (χ0) is 11.5. The van der Waals surface area contributed by atoms with E-state index in [4.69, 9.17) is 0 Å². The summed E-state index contributed by atoms with van der Waals surface area (Å²) in [4.78, 5) is 0. The summed E-state index contributed by atoms with van der Waals surface area (Å²) in [5.41, 5.74) is 2.56. The summed E-state index contributed by atoms with van der Waals surface area (Å²) in [6, 6.07) is 8.50. The van der Waals surface area contributed by atoms with E-state index in [1.54, 1.807) is 0 Å². The van der Waals surface area contributed by atoms with Gasteiger partial charge in [-0.25, -0.2) is 0 Å². The summed E-state index contributed by atoms with van der Waals surface area (Å²) in [6.07, 6.45) is 0. The first-order chi connectivity index (χ1) is 6.88. The fourth-order valence-corrected chi connectivity index (χ4v) is 1.24. The molecule has 0 atom stereocenters. The lowest BCUT2D eigenvalue weighted by atomic mass is 9.96. The predicted molar refractivity (Wildman–Crippen MR) is 66.9 cm³/mol. The molecular weight excluding hydrogens is 180 g/mol. The average molecular weight is 200 g/mol. The van der Waals surface area contributed by atoms with Gasteiger partial charge in [0, 0.05) is 11.0 Å². The summed E-state index contributed by atoms with van der Waals surface area (Å²) in [6.45, 7) is 10.8. The molecule has 0 saturated heterocycles. The summed E-state index contributed by atoms with van der Waals surface area (Å²) in [5.74, 6) is 7.05. The molecular formula is C15H20. The van der Waals surface area contributed by atoms with Gasteiger partial charge < -0.3 is 0 Å². The second kappa shape index (κ2) is 4.53. The third kappa shape index (κ3) is 4.21. The van der Waals surface area contributed by atoms with Crippen LogP contribution in [0.25, 0.3) is 0 Å². The number of hydrogen-bond acceptors (Lipinski definition) is 0. The largest absolute Gasteiger partial charge is 0.0920 e. The molecule has 15 heavy (non-hydrogen) atoms. The van der Waals surface area contributed by atoms with Gasteiger partial charge in [0.25, 0.3) is 0 Å². The molecule has 0 heteroatoms. The molecule has 0 bridgehead atoms. The van der Waals surface area contributed by atoms with Crippen LogP contribution < -0.4 is 0 Å². The lowest BCUT2D eigenvalue weighted by Crippen LogP contribution is -1.99. The highest BCUT2D eigenvalue weighted by Gasteiger charge is 2.03. The molecule has 0 fully saturated rings. The molecule has 0 aliphatic rings. The summed E-state index contributed by atoms with van der Waals surface area (Å²) < 4.78 is 0. The second-order valence-electron chi connectivity index (χ2n) is 5.28. The molecule has 1 aromatic rings. The minimum absolute atomic E-state index is 0.0772. The molecule has 1 rings (SSSR count). The quantitative estimate of drug-likeness (QED) is 0.596. The van der Waals surface area contributed by atoms with Gasteiger partial charge in [0.2, 0.25) is 0 Å². The first-order valence-electron chi connectivity index (χ1n) is 5.51. The molecule has 0 amide bonds. The van der Waals surface area contributed by atoms with E-state index < -0.39 is 0 Å². The van der Waals surface area contributed by atoms with Crippen molar-refractivity contribution in [1.82, 2.24) is 0 Å². The van der Waals surface area contributed by atoms with Gasteiger partial charge >= 0.3 is 0 Å². The van der Waals surface area contributed by atoms with Crippen molar-refractivity contribution in [3.8, 4) is 11.8 Å². The number of benzene rings is 1. The third-order valence-corrected chi connectivity index (χ3v) is 2.14. The first-order valence-corrected chi connectivity index (χ1v) is 5.51. The van der Waals surface area contributed by atoms with E-state index in [1.165, 1.54) is 5.56 Å². The van der Waals surface area contributed by atoms with Crippen molar-refractivity contribution in [2.75, 3.05) is 0 Å². The van der Waals surface area contributed by atoms with Gasteiger partial charge in [-0.3, -0.25) is 0 Å². The van der Waals surface area contributed by atoms with Gasteiger partial charge in [0.1, 0.15) is 0 Å². The highest BCUT2D eigenvalue weighted by Crippen LogP contribution is 2.16. The fourth-order valence-electron chi connectivity index (χ4n) is 1.24. The summed E-state index contributed by atoms with van der Waals surface area (Å²) >= 11 is 0. The zero-order valence-electron chi connectivity index (χ0n) is 10.4. The Bertz CT molecular complexity index is 380. The molecule has 0 aromatic heterocycles. The smallest absolute Gasteiger partial charge is 0.0248 e. The molecule has 80 valence electrons. The van der Waals surface area contributed by atoms with E-state index >= 15 is 0 Å². The van der Waals surface area contributed by atoms with Crippen LogP contribution in [0.15, 0.2) is 24.3 Å². The molecule has 0 nitrogen and oxygen atoms in total. The molecule has 0 radical (unpaired) electrons. The lowest BCUT2D eigenvalue weighted by Gasteiger charge is -2.08. The zero-order valence-corrected chi connectivity index (χ0v) is 10.4. The van der Waals surface area contributed by atoms with Crippen LogP contribution in [-0.4, -0.2) is 0 Å². The van der Waals surface area contributed by atoms with Gasteiger partial charge in [-0.05, 0) is 44.4 Å². The first kappa shape index (κ1) is 11.9. The van der Waals surface area contributed by atoms with Crippen LogP contribution in [0.3, 0.4) is 0 Å². The monoisotopic (exact) mass is 200 g/mol. The maximum absolute atomic E-state index is 3.25. The van der Waals surface area contributed by atoms with Gasteiger partial charge in [0.05, 0.1) is 0 Å². The standard InChI is InChI=1S/C15H20/c1-12(2)14-8-6-7-13(11-14)9-10-15(3,4)5/h6-8,11-12H,1-5H3. The Morgan fingerprint density at radius 2 is 1.80 bits per heavy atom. The number of rotatable bonds is 1. The van der Waals surface area contributed by atoms with Crippen molar-refractivity contribution in [1.29, 1.82) is 0 Å². The molecule has 0 aliphatic heterocycles. The van der Waals surface area contributed by atoms with E-state index in [1.807, 2.05) is 0 Å². The topological polar surface area (TPSA) is 0 Å². The van der Waals surface area contributed by atoms with Crippen molar-refractivity contribution in [2.24, 2.45) is 5.41 Å².